The Morgan fingerprint density at radius 1 is 1.61 bits per heavy atom. The lowest BCUT2D eigenvalue weighted by Gasteiger charge is -2.16. The van der Waals surface area contributed by atoms with Crippen molar-refractivity contribution in [3.8, 4) is 0 Å². The Balaban J connectivity index is 2.50. The highest BCUT2D eigenvalue weighted by atomic mass is 35.5. The van der Waals surface area contributed by atoms with Crippen molar-refractivity contribution >= 4 is 40.5 Å². The zero-order chi connectivity index (χ0) is 13.3. The molecule has 0 saturated heterocycles. The number of carboxylic acid groups (broad SMARTS) is 1. The van der Waals surface area contributed by atoms with E-state index in [1.54, 1.807) is 15.8 Å². The smallest absolute Gasteiger partial charge is 0.313 e. The Labute approximate surface area is 113 Å². The second-order valence-electron chi connectivity index (χ2n) is 3.73. The molecule has 0 aromatic carbocycles. The molecule has 0 spiro atoms. The van der Waals surface area contributed by atoms with E-state index in [-0.39, 0.29) is 5.75 Å². The second kappa shape index (κ2) is 5.03. The number of halogens is 1. The highest BCUT2D eigenvalue weighted by Gasteiger charge is 2.15. The summed E-state index contributed by atoms with van der Waals surface area (Å²) in [6.45, 7) is 0. The number of imidazole rings is 1. The van der Waals surface area contributed by atoms with E-state index < -0.39 is 5.97 Å². The number of fused-ring (bicyclic) bond motifs is 1. The van der Waals surface area contributed by atoms with Crippen LogP contribution in [0.15, 0.2) is 17.4 Å². The van der Waals surface area contributed by atoms with Crippen LogP contribution in [0.5, 0.6) is 0 Å². The molecule has 0 unspecified atom stereocenters. The van der Waals surface area contributed by atoms with Crippen molar-refractivity contribution in [2.24, 2.45) is 0 Å². The van der Waals surface area contributed by atoms with Gasteiger partial charge in [-0.3, -0.25) is 4.79 Å². The lowest BCUT2D eigenvalue weighted by atomic mass is 10.4. The summed E-state index contributed by atoms with van der Waals surface area (Å²) in [5.41, 5.74) is 1.29. The number of hydrogen-bond donors (Lipinski definition) is 1. The van der Waals surface area contributed by atoms with Gasteiger partial charge >= 0.3 is 5.97 Å². The van der Waals surface area contributed by atoms with E-state index >= 15 is 0 Å². The standard InChI is InChI=1S/C10H11ClN4O2S/c1-14(2)15-9-7(3-6(11)4-12-9)13-10(15)18-5-8(16)17/h3-4H,5H2,1-2H3,(H,16,17). The molecule has 0 fully saturated rings. The van der Waals surface area contributed by atoms with Crippen LogP contribution in [-0.4, -0.2) is 45.6 Å². The van der Waals surface area contributed by atoms with Gasteiger partial charge in [-0.25, -0.2) is 14.6 Å². The lowest BCUT2D eigenvalue weighted by Crippen LogP contribution is -2.26. The third-order valence-corrected chi connectivity index (χ3v) is 3.26. The second-order valence-corrected chi connectivity index (χ2v) is 5.11. The predicted octanol–water partition coefficient (Wildman–Crippen LogP) is 1.46. The van der Waals surface area contributed by atoms with Crippen LogP contribution in [-0.2, 0) is 4.79 Å². The third-order valence-electron chi connectivity index (χ3n) is 2.14. The summed E-state index contributed by atoms with van der Waals surface area (Å²) >= 11 is 7.00. The molecule has 2 aromatic rings. The van der Waals surface area contributed by atoms with Gasteiger partial charge in [0, 0.05) is 20.3 Å². The maximum Gasteiger partial charge on any atom is 0.313 e. The fourth-order valence-corrected chi connectivity index (χ4v) is 2.43. The molecular formula is C10H11ClN4O2S. The van der Waals surface area contributed by atoms with Crippen LogP contribution in [0.2, 0.25) is 5.02 Å². The van der Waals surface area contributed by atoms with E-state index in [1.165, 1.54) is 6.20 Å². The fraction of sp³-hybridized carbons (Fsp3) is 0.300. The number of carbonyl (C=O) groups is 1. The lowest BCUT2D eigenvalue weighted by molar-refractivity contribution is -0.133. The fourth-order valence-electron chi connectivity index (χ4n) is 1.49. The van der Waals surface area contributed by atoms with Crippen molar-refractivity contribution in [2.45, 2.75) is 5.16 Å². The van der Waals surface area contributed by atoms with Crippen LogP contribution in [0.4, 0.5) is 0 Å². The van der Waals surface area contributed by atoms with Crippen LogP contribution < -0.4 is 5.01 Å². The number of aliphatic carboxylic acids is 1. The quantitative estimate of drug-likeness (QED) is 0.858. The van der Waals surface area contributed by atoms with E-state index in [0.29, 0.717) is 21.3 Å². The van der Waals surface area contributed by atoms with Crippen molar-refractivity contribution in [1.82, 2.24) is 14.6 Å². The normalized spacial score (nSPS) is 10.8. The van der Waals surface area contributed by atoms with Crippen molar-refractivity contribution in [3.05, 3.63) is 17.3 Å². The van der Waals surface area contributed by atoms with Gasteiger partial charge in [-0.2, -0.15) is 0 Å². The van der Waals surface area contributed by atoms with Gasteiger partial charge < -0.3 is 10.1 Å². The summed E-state index contributed by atoms with van der Waals surface area (Å²) < 4.78 is 1.75. The number of thioether (sulfide) groups is 1. The minimum atomic E-state index is -0.886. The molecular weight excluding hydrogens is 276 g/mol. The average Bonchev–Trinajstić information content (AvgIpc) is 2.63. The first-order valence-electron chi connectivity index (χ1n) is 5.05. The Kier molecular flexibility index (Phi) is 3.63. The number of rotatable bonds is 4. The zero-order valence-electron chi connectivity index (χ0n) is 9.79. The van der Waals surface area contributed by atoms with Crippen molar-refractivity contribution in [3.63, 3.8) is 0 Å². The molecule has 2 rings (SSSR count). The summed E-state index contributed by atoms with van der Waals surface area (Å²) in [6, 6.07) is 1.70. The number of hydrogen-bond acceptors (Lipinski definition) is 5. The van der Waals surface area contributed by atoms with Gasteiger partial charge in [0.1, 0.15) is 5.52 Å². The minimum absolute atomic E-state index is 0.0507. The summed E-state index contributed by atoms with van der Waals surface area (Å²) in [5, 5.41) is 11.6. The highest BCUT2D eigenvalue weighted by Crippen LogP contribution is 2.24. The Bertz CT molecular complexity index is 599. The molecule has 0 aliphatic carbocycles. The number of aromatic nitrogens is 3. The number of nitrogens with zero attached hydrogens (tertiary/aromatic N) is 4. The van der Waals surface area contributed by atoms with Crippen molar-refractivity contribution in [1.29, 1.82) is 0 Å². The van der Waals surface area contributed by atoms with Crippen LogP contribution in [0, 0.1) is 0 Å². The third kappa shape index (κ3) is 2.51. The van der Waals surface area contributed by atoms with Gasteiger partial charge in [-0.1, -0.05) is 23.4 Å². The summed E-state index contributed by atoms with van der Waals surface area (Å²) in [5.74, 6) is -0.936. The largest absolute Gasteiger partial charge is 0.481 e. The SMILES string of the molecule is CN(C)n1c(SCC(=O)O)nc2cc(Cl)cnc21. The van der Waals surface area contributed by atoms with Gasteiger partial charge in [0.15, 0.2) is 10.8 Å². The molecule has 2 heterocycles. The maximum absolute atomic E-state index is 10.6. The molecule has 0 aliphatic heterocycles. The van der Waals surface area contributed by atoms with E-state index in [0.717, 1.165) is 11.8 Å². The Morgan fingerprint density at radius 3 is 2.94 bits per heavy atom. The highest BCUT2D eigenvalue weighted by molar-refractivity contribution is 7.99. The predicted molar refractivity (Wildman–Crippen MR) is 71.0 cm³/mol. The van der Waals surface area contributed by atoms with Crippen LogP contribution in [0.25, 0.3) is 11.2 Å². The topological polar surface area (TPSA) is 71.2 Å². The Morgan fingerprint density at radius 2 is 2.33 bits per heavy atom. The molecule has 0 atom stereocenters. The van der Waals surface area contributed by atoms with E-state index in [9.17, 15) is 4.79 Å². The molecule has 0 saturated carbocycles. The summed E-state index contributed by atoms with van der Waals surface area (Å²) in [4.78, 5) is 19.2. The zero-order valence-corrected chi connectivity index (χ0v) is 11.4. The minimum Gasteiger partial charge on any atom is -0.481 e. The van der Waals surface area contributed by atoms with Gasteiger partial charge in [0.2, 0.25) is 0 Å². The molecule has 0 aliphatic rings. The maximum atomic E-state index is 10.6. The number of pyridine rings is 1. The molecule has 0 amide bonds. The average molecular weight is 287 g/mol. The van der Waals surface area contributed by atoms with Gasteiger partial charge in [-0.05, 0) is 6.07 Å². The van der Waals surface area contributed by atoms with Gasteiger partial charge in [0.05, 0.1) is 10.8 Å². The monoisotopic (exact) mass is 286 g/mol. The van der Waals surface area contributed by atoms with Gasteiger partial charge in [-0.15, -0.1) is 0 Å². The molecule has 6 nitrogen and oxygen atoms in total. The van der Waals surface area contributed by atoms with Crippen molar-refractivity contribution < 1.29 is 9.90 Å². The van der Waals surface area contributed by atoms with E-state index in [1.807, 2.05) is 14.1 Å². The first kappa shape index (κ1) is 13.0. The van der Waals surface area contributed by atoms with E-state index in [2.05, 4.69) is 9.97 Å². The first-order chi connectivity index (χ1) is 8.49. The van der Waals surface area contributed by atoms with Crippen LogP contribution >= 0.6 is 23.4 Å². The van der Waals surface area contributed by atoms with Crippen LogP contribution in [0.1, 0.15) is 0 Å². The molecule has 1 N–H and O–H groups in total. The molecule has 8 heteroatoms. The summed E-state index contributed by atoms with van der Waals surface area (Å²) in [7, 11) is 3.67. The first-order valence-corrected chi connectivity index (χ1v) is 6.41. The summed E-state index contributed by atoms with van der Waals surface area (Å²) in [6.07, 6.45) is 1.54. The van der Waals surface area contributed by atoms with Crippen LogP contribution in [0.3, 0.4) is 0 Å². The molecule has 96 valence electrons. The molecule has 2 aromatic heterocycles. The van der Waals surface area contributed by atoms with Gasteiger partial charge in [0.25, 0.3) is 0 Å². The molecule has 18 heavy (non-hydrogen) atoms. The Hall–Kier alpha value is -1.47. The van der Waals surface area contributed by atoms with Crippen molar-refractivity contribution in [2.75, 3.05) is 24.9 Å². The molecule has 0 radical (unpaired) electrons. The number of carboxylic acids is 1. The molecule has 0 bridgehead atoms. The van der Waals surface area contributed by atoms with E-state index in [4.69, 9.17) is 16.7 Å².